The summed E-state index contributed by atoms with van der Waals surface area (Å²) in [7, 11) is 0. The third-order valence-corrected chi connectivity index (χ3v) is 2.92. The number of aliphatic hydroxyl groups is 1. The van der Waals surface area contributed by atoms with Crippen molar-refractivity contribution in [1.29, 1.82) is 0 Å². The smallest absolute Gasteiger partial charge is 0.134 e. The Balaban J connectivity index is 2.51. The largest absolute Gasteiger partial charge is 0.379 e. The number of benzene rings is 1. The molecular formula is C10H9Cl2N3O. The fourth-order valence-electron chi connectivity index (χ4n) is 1.46. The Morgan fingerprint density at radius 2 is 2.12 bits per heavy atom. The van der Waals surface area contributed by atoms with Crippen molar-refractivity contribution in [1.82, 2.24) is 15.4 Å². The van der Waals surface area contributed by atoms with Gasteiger partial charge in [0.1, 0.15) is 11.3 Å². The average Bonchev–Trinajstić information content (AvgIpc) is 2.69. The molecule has 2 rings (SSSR count). The van der Waals surface area contributed by atoms with Gasteiger partial charge < -0.3 is 5.11 Å². The van der Waals surface area contributed by atoms with Gasteiger partial charge in [0, 0.05) is 15.6 Å². The van der Waals surface area contributed by atoms with Crippen LogP contribution in [0.1, 0.15) is 18.2 Å². The van der Waals surface area contributed by atoms with E-state index in [1.165, 1.54) is 6.20 Å². The molecule has 0 bridgehead atoms. The molecule has 0 radical (unpaired) electrons. The molecule has 0 amide bonds. The normalized spacial score (nSPS) is 14.8. The molecule has 0 saturated carbocycles. The summed E-state index contributed by atoms with van der Waals surface area (Å²) < 4.78 is 0. The topological polar surface area (TPSA) is 61.8 Å². The van der Waals surface area contributed by atoms with E-state index in [1.807, 2.05) is 0 Å². The summed E-state index contributed by atoms with van der Waals surface area (Å²) in [5.41, 5.74) is -0.363. The van der Waals surface area contributed by atoms with E-state index >= 15 is 0 Å². The van der Waals surface area contributed by atoms with Crippen LogP contribution in [-0.4, -0.2) is 20.5 Å². The number of nitrogens with one attached hydrogen (secondary N) is 1. The summed E-state index contributed by atoms with van der Waals surface area (Å²) in [6.07, 6.45) is 1.45. The van der Waals surface area contributed by atoms with Crippen molar-refractivity contribution in [3.05, 3.63) is 45.7 Å². The molecule has 0 aliphatic rings. The van der Waals surface area contributed by atoms with E-state index in [0.29, 0.717) is 21.3 Å². The monoisotopic (exact) mass is 257 g/mol. The molecule has 0 spiro atoms. The van der Waals surface area contributed by atoms with Crippen molar-refractivity contribution in [3.63, 3.8) is 0 Å². The number of aromatic amines is 1. The fraction of sp³-hybridized carbons (Fsp3) is 0.200. The van der Waals surface area contributed by atoms with Gasteiger partial charge in [0.2, 0.25) is 0 Å². The minimum atomic E-state index is -1.30. The fourth-order valence-corrected chi connectivity index (χ4v) is 2.05. The lowest BCUT2D eigenvalue weighted by molar-refractivity contribution is 0.0974. The number of aromatic nitrogens is 3. The van der Waals surface area contributed by atoms with Gasteiger partial charge in [-0.1, -0.05) is 29.3 Å². The van der Waals surface area contributed by atoms with E-state index in [4.69, 9.17) is 23.2 Å². The third-order valence-electron chi connectivity index (χ3n) is 2.37. The van der Waals surface area contributed by atoms with Crippen molar-refractivity contribution in [2.75, 3.05) is 0 Å². The van der Waals surface area contributed by atoms with Crippen LogP contribution < -0.4 is 0 Å². The Bertz CT molecular complexity index is 497. The summed E-state index contributed by atoms with van der Waals surface area (Å²) in [6, 6.07) is 4.91. The minimum absolute atomic E-state index is 0.389. The first-order valence-electron chi connectivity index (χ1n) is 4.56. The van der Waals surface area contributed by atoms with E-state index in [0.717, 1.165) is 0 Å². The van der Waals surface area contributed by atoms with Crippen LogP contribution in [-0.2, 0) is 5.60 Å². The van der Waals surface area contributed by atoms with Crippen molar-refractivity contribution in [2.24, 2.45) is 0 Å². The third kappa shape index (κ3) is 1.91. The Hall–Kier alpha value is -1.10. The zero-order valence-corrected chi connectivity index (χ0v) is 9.92. The molecule has 0 aliphatic heterocycles. The molecular weight excluding hydrogens is 249 g/mol. The maximum Gasteiger partial charge on any atom is 0.134 e. The summed E-state index contributed by atoms with van der Waals surface area (Å²) in [4.78, 5) is 0. The van der Waals surface area contributed by atoms with Gasteiger partial charge in [0.05, 0.1) is 6.20 Å². The molecule has 0 fully saturated rings. The first kappa shape index (κ1) is 11.4. The summed E-state index contributed by atoms with van der Waals surface area (Å²) in [5, 5.41) is 21.2. The predicted octanol–water partition coefficient (Wildman–Crippen LogP) is 2.37. The van der Waals surface area contributed by atoms with Gasteiger partial charge in [-0.15, -0.1) is 0 Å². The maximum absolute atomic E-state index is 10.4. The molecule has 16 heavy (non-hydrogen) atoms. The van der Waals surface area contributed by atoms with Crippen LogP contribution in [0.25, 0.3) is 0 Å². The highest BCUT2D eigenvalue weighted by molar-refractivity contribution is 6.35. The van der Waals surface area contributed by atoms with Gasteiger partial charge in [0.25, 0.3) is 0 Å². The van der Waals surface area contributed by atoms with E-state index in [1.54, 1.807) is 25.1 Å². The molecule has 1 aromatic heterocycles. The van der Waals surface area contributed by atoms with Crippen molar-refractivity contribution >= 4 is 23.2 Å². The van der Waals surface area contributed by atoms with E-state index in [9.17, 15) is 5.11 Å². The van der Waals surface area contributed by atoms with Gasteiger partial charge in [0.15, 0.2) is 0 Å². The Labute approximate surface area is 102 Å². The van der Waals surface area contributed by atoms with Crippen LogP contribution in [0.5, 0.6) is 0 Å². The molecule has 6 heteroatoms. The molecule has 4 nitrogen and oxygen atoms in total. The molecule has 1 atom stereocenters. The molecule has 2 aromatic rings. The molecule has 1 heterocycles. The lowest BCUT2D eigenvalue weighted by Gasteiger charge is -2.22. The Kier molecular flexibility index (Phi) is 2.88. The molecule has 2 N–H and O–H groups in total. The zero-order valence-electron chi connectivity index (χ0n) is 8.41. The van der Waals surface area contributed by atoms with Crippen molar-refractivity contribution < 1.29 is 5.11 Å². The van der Waals surface area contributed by atoms with E-state index in [2.05, 4.69) is 15.4 Å². The second-order valence-corrected chi connectivity index (χ2v) is 4.40. The van der Waals surface area contributed by atoms with Crippen molar-refractivity contribution in [2.45, 2.75) is 12.5 Å². The van der Waals surface area contributed by atoms with E-state index < -0.39 is 5.60 Å². The van der Waals surface area contributed by atoms with Gasteiger partial charge in [-0.25, -0.2) is 0 Å². The lowest BCUT2D eigenvalue weighted by Crippen LogP contribution is -2.23. The van der Waals surface area contributed by atoms with Crippen molar-refractivity contribution in [3.8, 4) is 0 Å². The first-order valence-corrected chi connectivity index (χ1v) is 5.31. The zero-order chi connectivity index (χ0) is 11.8. The van der Waals surface area contributed by atoms with Gasteiger partial charge in [-0.3, -0.25) is 0 Å². The number of halogens is 2. The molecule has 1 aromatic carbocycles. The summed E-state index contributed by atoms with van der Waals surface area (Å²) in [5.74, 6) is 0. The molecule has 0 saturated heterocycles. The van der Waals surface area contributed by atoms with Crippen LogP contribution in [0.3, 0.4) is 0 Å². The standard InChI is InChI=1S/C10H9Cl2N3O/c1-10(16,9-5-13-15-14-9)7-3-2-6(11)4-8(7)12/h2-5,16H,1H3,(H,13,14,15). The first-order chi connectivity index (χ1) is 7.51. The highest BCUT2D eigenvalue weighted by atomic mass is 35.5. The second-order valence-electron chi connectivity index (χ2n) is 3.55. The minimum Gasteiger partial charge on any atom is -0.379 e. The summed E-state index contributed by atoms with van der Waals surface area (Å²) >= 11 is 11.8. The van der Waals surface area contributed by atoms with Gasteiger partial charge >= 0.3 is 0 Å². The van der Waals surface area contributed by atoms with Crippen LogP contribution in [0.4, 0.5) is 0 Å². The van der Waals surface area contributed by atoms with E-state index in [-0.39, 0.29) is 0 Å². The van der Waals surface area contributed by atoms with Gasteiger partial charge in [-0.2, -0.15) is 15.4 Å². The predicted molar refractivity (Wildman–Crippen MR) is 61.5 cm³/mol. The second kappa shape index (κ2) is 4.05. The van der Waals surface area contributed by atoms with Crippen LogP contribution in [0, 0.1) is 0 Å². The SMILES string of the molecule is CC(O)(c1cn[nH]n1)c1ccc(Cl)cc1Cl. The number of rotatable bonds is 2. The van der Waals surface area contributed by atoms with Gasteiger partial charge in [-0.05, 0) is 19.1 Å². The quantitative estimate of drug-likeness (QED) is 0.869. The number of H-pyrrole nitrogens is 1. The highest BCUT2D eigenvalue weighted by Crippen LogP contribution is 2.33. The number of hydrogen-bond acceptors (Lipinski definition) is 3. The lowest BCUT2D eigenvalue weighted by atomic mass is 9.93. The molecule has 1 unspecified atom stereocenters. The van der Waals surface area contributed by atoms with Crippen LogP contribution >= 0.6 is 23.2 Å². The average molecular weight is 258 g/mol. The van der Waals surface area contributed by atoms with Crippen LogP contribution in [0.15, 0.2) is 24.4 Å². The summed E-state index contributed by atoms with van der Waals surface area (Å²) in [6.45, 7) is 1.60. The highest BCUT2D eigenvalue weighted by Gasteiger charge is 2.30. The van der Waals surface area contributed by atoms with Crippen LogP contribution in [0.2, 0.25) is 10.0 Å². The Morgan fingerprint density at radius 1 is 1.38 bits per heavy atom. The number of hydrogen-bond donors (Lipinski definition) is 2. The Morgan fingerprint density at radius 3 is 2.69 bits per heavy atom. The molecule has 0 aliphatic carbocycles. The number of nitrogens with zero attached hydrogens (tertiary/aromatic N) is 2. The maximum atomic E-state index is 10.4. The molecule has 84 valence electrons.